The summed E-state index contributed by atoms with van der Waals surface area (Å²) in [7, 11) is 0. The van der Waals surface area contributed by atoms with Gasteiger partial charge in [-0.05, 0) is 70.8 Å². The summed E-state index contributed by atoms with van der Waals surface area (Å²) < 4.78 is 13.2. The Morgan fingerprint density at radius 3 is 1.61 bits per heavy atom. The van der Waals surface area contributed by atoms with Gasteiger partial charge in [0, 0.05) is 38.7 Å². The van der Waals surface area contributed by atoms with E-state index in [1.165, 1.54) is 11.1 Å². The normalized spacial score (nSPS) is 11.5. The van der Waals surface area contributed by atoms with Crippen molar-refractivity contribution in [3.8, 4) is 44.9 Å². The van der Waals surface area contributed by atoms with Crippen LogP contribution >= 0.6 is 0 Å². The fourth-order valence-corrected chi connectivity index (χ4v) is 7.98. The van der Waals surface area contributed by atoms with Crippen molar-refractivity contribution in [2.24, 2.45) is 0 Å². The first kappa shape index (κ1) is 32.7. The first-order chi connectivity index (χ1) is 28.3. The Hall–Kier alpha value is -7.76. The van der Waals surface area contributed by atoms with E-state index < -0.39 is 0 Å². The number of fused-ring (bicyclic) bond motifs is 6. The minimum atomic E-state index is 0.644. The molecule has 8 aromatic carbocycles. The summed E-state index contributed by atoms with van der Waals surface area (Å²) in [6, 6.07) is 69.1. The van der Waals surface area contributed by atoms with Crippen LogP contribution in [-0.4, -0.2) is 9.97 Å². The van der Waals surface area contributed by atoms with Crippen molar-refractivity contribution < 1.29 is 8.83 Å². The first-order valence-corrected chi connectivity index (χ1v) is 19.1. The molecule has 0 N–H and O–H groups in total. The Morgan fingerprint density at radius 2 is 0.895 bits per heavy atom. The predicted octanol–water partition coefficient (Wildman–Crippen LogP) is 14.4. The maximum atomic E-state index is 6.81. The summed E-state index contributed by atoms with van der Waals surface area (Å²) in [5, 5.41) is 3.09. The van der Waals surface area contributed by atoms with Gasteiger partial charge in [-0.25, -0.2) is 9.97 Å². The molecule has 0 atom stereocenters. The fraction of sp³-hybridized carbons (Fsp3) is 0. The van der Waals surface area contributed by atoms with Crippen LogP contribution in [0.3, 0.4) is 0 Å². The van der Waals surface area contributed by atoms with E-state index in [0.717, 1.165) is 83.4 Å². The number of hydrogen-bond acceptors (Lipinski definition) is 5. The summed E-state index contributed by atoms with van der Waals surface area (Å²) in [6.45, 7) is 0. The highest BCUT2D eigenvalue weighted by Crippen LogP contribution is 2.46. The molecule has 0 saturated heterocycles. The van der Waals surface area contributed by atoms with Gasteiger partial charge >= 0.3 is 0 Å². The Balaban J connectivity index is 1.05. The van der Waals surface area contributed by atoms with E-state index in [1.807, 2.05) is 60.7 Å². The van der Waals surface area contributed by atoms with Gasteiger partial charge in [-0.2, -0.15) is 0 Å². The second-order valence-corrected chi connectivity index (χ2v) is 14.1. The van der Waals surface area contributed by atoms with Crippen molar-refractivity contribution in [3.63, 3.8) is 0 Å². The SMILES string of the molecule is c1ccc(-c2ccc(N(c3ccccc3)c3ccc(-c4ccc(-c5nc(-c6ccccc6)c6oc7ccccc7c6n5)cc4)c4c3oc3ccccc34)cc2)cc1. The van der Waals surface area contributed by atoms with E-state index in [0.29, 0.717) is 11.4 Å². The molecule has 0 aliphatic carbocycles. The Kier molecular flexibility index (Phi) is 7.74. The molecule has 11 aromatic rings. The molecule has 3 aromatic heterocycles. The second kappa shape index (κ2) is 13.5. The zero-order valence-electron chi connectivity index (χ0n) is 30.7. The Labute approximate surface area is 328 Å². The van der Waals surface area contributed by atoms with Crippen molar-refractivity contribution >= 4 is 61.1 Å². The molecular weight excluding hydrogens is 699 g/mol. The van der Waals surface area contributed by atoms with Crippen LogP contribution < -0.4 is 4.90 Å². The second-order valence-electron chi connectivity index (χ2n) is 14.1. The van der Waals surface area contributed by atoms with Crippen LogP contribution in [0.5, 0.6) is 0 Å². The van der Waals surface area contributed by atoms with Crippen LogP contribution in [0.4, 0.5) is 17.1 Å². The number of aromatic nitrogens is 2. The lowest BCUT2D eigenvalue weighted by molar-refractivity contribution is 0.667. The number of anilines is 3. The third kappa shape index (κ3) is 5.64. The summed E-state index contributed by atoms with van der Waals surface area (Å²) in [5.74, 6) is 0.644. The number of para-hydroxylation sites is 3. The van der Waals surface area contributed by atoms with Crippen molar-refractivity contribution in [1.82, 2.24) is 9.97 Å². The molecule has 268 valence electrons. The molecule has 0 spiro atoms. The molecule has 5 nitrogen and oxygen atoms in total. The number of nitrogens with zero attached hydrogens (tertiary/aromatic N) is 3. The predicted molar refractivity (Wildman–Crippen MR) is 233 cm³/mol. The van der Waals surface area contributed by atoms with Crippen LogP contribution in [0.2, 0.25) is 0 Å². The van der Waals surface area contributed by atoms with Gasteiger partial charge in [0.1, 0.15) is 22.4 Å². The molecule has 57 heavy (non-hydrogen) atoms. The standard InChI is InChI=1S/C52H33N3O2/c1-4-14-34(15-5-1)35-28-30-40(31-29-35)55(39-18-8-3-9-19-39)44-33-32-41(47-42-20-10-12-22-45(42)56-50(44)47)36-24-26-38(27-25-36)52-53-48(37-16-6-2-7-17-37)51-49(54-52)43-21-11-13-23-46(43)57-51/h1-33H. The van der Waals surface area contributed by atoms with Crippen LogP contribution in [0.25, 0.3) is 88.9 Å². The zero-order valence-corrected chi connectivity index (χ0v) is 30.7. The Morgan fingerprint density at radius 1 is 0.368 bits per heavy atom. The molecule has 0 radical (unpaired) electrons. The van der Waals surface area contributed by atoms with Crippen LogP contribution in [-0.2, 0) is 0 Å². The topological polar surface area (TPSA) is 55.3 Å². The van der Waals surface area contributed by atoms with Gasteiger partial charge in [0.15, 0.2) is 17.0 Å². The van der Waals surface area contributed by atoms with E-state index >= 15 is 0 Å². The van der Waals surface area contributed by atoms with E-state index in [2.05, 4.69) is 144 Å². The zero-order chi connectivity index (χ0) is 37.7. The minimum absolute atomic E-state index is 0.644. The maximum Gasteiger partial charge on any atom is 0.180 e. The molecule has 0 saturated carbocycles. The van der Waals surface area contributed by atoms with Gasteiger partial charge in [0.2, 0.25) is 0 Å². The first-order valence-electron chi connectivity index (χ1n) is 19.1. The lowest BCUT2D eigenvalue weighted by atomic mass is 9.97. The summed E-state index contributed by atoms with van der Waals surface area (Å²) in [6.07, 6.45) is 0. The third-order valence-electron chi connectivity index (χ3n) is 10.7. The van der Waals surface area contributed by atoms with Gasteiger partial charge in [0.25, 0.3) is 0 Å². The van der Waals surface area contributed by atoms with Gasteiger partial charge in [-0.3, -0.25) is 0 Å². The molecular formula is C52H33N3O2. The quantitative estimate of drug-likeness (QED) is 0.163. The van der Waals surface area contributed by atoms with Crippen molar-refractivity contribution in [2.45, 2.75) is 0 Å². The van der Waals surface area contributed by atoms with Crippen molar-refractivity contribution in [1.29, 1.82) is 0 Å². The summed E-state index contributed by atoms with van der Waals surface area (Å²) in [5.41, 5.74) is 14.2. The molecule has 0 aliphatic heterocycles. The number of benzene rings is 8. The largest absolute Gasteiger partial charge is 0.454 e. The van der Waals surface area contributed by atoms with Crippen LogP contribution in [0, 0.1) is 0 Å². The van der Waals surface area contributed by atoms with Gasteiger partial charge in [-0.1, -0.05) is 152 Å². The monoisotopic (exact) mass is 731 g/mol. The summed E-state index contributed by atoms with van der Waals surface area (Å²) in [4.78, 5) is 12.5. The molecule has 0 bridgehead atoms. The highest BCUT2D eigenvalue weighted by atomic mass is 16.3. The Bertz CT molecular complexity index is 3210. The average molecular weight is 732 g/mol. The number of hydrogen-bond donors (Lipinski definition) is 0. The highest BCUT2D eigenvalue weighted by Gasteiger charge is 2.23. The molecule has 0 amide bonds. The van der Waals surface area contributed by atoms with Gasteiger partial charge < -0.3 is 13.7 Å². The molecule has 0 unspecified atom stereocenters. The maximum absolute atomic E-state index is 6.81. The third-order valence-corrected chi connectivity index (χ3v) is 10.7. The van der Waals surface area contributed by atoms with E-state index in [1.54, 1.807) is 0 Å². The van der Waals surface area contributed by atoms with E-state index in [-0.39, 0.29) is 0 Å². The smallest absolute Gasteiger partial charge is 0.180 e. The lowest BCUT2D eigenvalue weighted by Crippen LogP contribution is -2.10. The molecule has 0 fully saturated rings. The van der Waals surface area contributed by atoms with E-state index in [9.17, 15) is 0 Å². The van der Waals surface area contributed by atoms with Crippen molar-refractivity contribution in [2.75, 3.05) is 4.90 Å². The van der Waals surface area contributed by atoms with E-state index in [4.69, 9.17) is 18.8 Å². The molecule has 0 aliphatic rings. The number of rotatable bonds is 7. The number of furan rings is 2. The van der Waals surface area contributed by atoms with Crippen molar-refractivity contribution in [3.05, 3.63) is 200 Å². The summed E-state index contributed by atoms with van der Waals surface area (Å²) >= 11 is 0. The van der Waals surface area contributed by atoms with Gasteiger partial charge in [0.05, 0.1) is 5.69 Å². The highest BCUT2D eigenvalue weighted by molar-refractivity contribution is 6.17. The van der Waals surface area contributed by atoms with Crippen LogP contribution in [0.1, 0.15) is 0 Å². The lowest BCUT2D eigenvalue weighted by Gasteiger charge is -2.26. The minimum Gasteiger partial charge on any atom is -0.454 e. The fourth-order valence-electron chi connectivity index (χ4n) is 7.98. The molecule has 3 heterocycles. The average Bonchev–Trinajstić information content (AvgIpc) is 3.87. The molecule has 11 rings (SSSR count). The van der Waals surface area contributed by atoms with Gasteiger partial charge in [-0.15, -0.1) is 0 Å². The van der Waals surface area contributed by atoms with Crippen LogP contribution in [0.15, 0.2) is 209 Å². The molecule has 5 heteroatoms.